The molecule has 5 nitrogen and oxygen atoms in total. The van der Waals surface area contributed by atoms with Crippen LogP contribution >= 0.6 is 0 Å². The number of nitrogens with two attached hydrogens (primary N) is 1. The summed E-state index contributed by atoms with van der Waals surface area (Å²) in [6.45, 7) is 2.53. The van der Waals surface area contributed by atoms with Gasteiger partial charge in [0, 0.05) is 26.2 Å². The number of hydrogen-bond donors (Lipinski definition) is 1. The molecule has 0 radical (unpaired) electrons. The Balaban J connectivity index is 2.09. The van der Waals surface area contributed by atoms with Crippen LogP contribution in [0.1, 0.15) is 6.42 Å². The highest BCUT2D eigenvalue weighted by Crippen LogP contribution is 2.06. The van der Waals surface area contributed by atoms with E-state index in [-0.39, 0.29) is 18.6 Å². The van der Waals surface area contributed by atoms with Crippen molar-refractivity contribution in [3.8, 4) is 0 Å². The fourth-order valence-electron chi connectivity index (χ4n) is 1.41. The van der Waals surface area contributed by atoms with Crippen molar-refractivity contribution >= 4 is 5.91 Å². The average molecular weight is 202 g/mol. The first kappa shape index (κ1) is 11.4. The van der Waals surface area contributed by atoms with Crippen LogP contribution in [0.4, 0.5) is 0 Å². The van der Waals surface area contributed by atoms with Gasteiger partial charge >= 0.3 is 0 Å². The normalized spacial score (nSPS) is 21.6. The van der Waals surface area contributed by atoms with Crippen molar-refractivity contribution < 1.29 is 14.3 Å². The van der Waals surface area contributed by atoms with Gasteiger partial charge in [-0.3, -0.25) is 4.79 Å². The number of likely N-dealkylation sites (tertiary alicyclic amines) is 1. The lowest BCUT2D eigenvalue weighted by Crippen LogP contribution is -2.34. The Labute approximate surface area is 84.1 Å². The molecule has 0 bridgehead atoms. The Kier molecular flexibility index (Phi) is 4.86. The molecule has 0 aromatic carbocycles. The van der Waals surface area contributed by atoms with Crippen LogP contribution in [-0.2, 0) is 14.3 Å². The van der Waals surface area contributed by atoms with E-state index in [1.54, 1.807) is 12.0 Å². The molecule has 0 unspecified atom stereocenters. The monoisotopic (exact) mass is 202 g/mol. The van der Waals surface area contributed by atoms with Gasteiger partial charge in [0.05, 0.1) is 13.2 Å². The van der Waals surface area contributed by atoms with Crippen LogP contribution in [0, 0.1) is 0 Å². The first-order valence-electron chi connectivity index (χ1n) is 4.84. The first-order valence-corrected chi connectivity index (χ1v) is 4.84. The van der Waals surface area contributed by atoms with Gasteiger partial charge in [-0.25, -0.2) is 0 Å². The van der Waals surface area contributed by atoms with Crippen molar-refractivity contribution in [1.82, 2.24) is 4.90 Å². The van der Waals surface area contributed by atoms with E-state index in [2.05, 4.69) is 0 Å². The molecule has 2 N–H and O–H groups in total. The summed E-state index contributed by atoms with van der Waals surface area (Å²) in [4.78, 5) is 13.2. The number of carbonyl (C=O) groups is 1. The molecule has 1 aliphatic heterocycles. The topological polar surface area (TPSA) is 64.8 Å². The maximum absolute atomic E-state index is 11.5. The third kappa shape index (κ3) is 3.61. The summed E-state index contributed by atoms with van der Waals surface area (Å²) >= 11 is 0. The second-order valence-corrected chi connectivity index (χ2v) is 3.43. The molecule has 1 aliphatic rings. The Morgan fingerprint density at radius 2 is 2.36 bits per heavy atom. The maximum Gasteiger partial charge on any atom is 0.248 e. The van der Waals surface area contributed by atoms with Crippen LogP contribution < -0.4 is 5.73 Å². The second-order valence-electron chi connectivity index (χ2n) is 3.43. The quantitative estimate of drug-likeness (QED) is 0.593. The molecular formula is C9H18N2O3. The number of rotatable bonds is 5. The van der Waals surface area contributed by atoms with Gasteiger partial charge in [0.15, 0.2) is 0 Å². The number of hydrogen-bond acceptors (Lipinski definition) is 4. The van der Waals surface area contributed by atoms with Crippen LogP contribution in [0.25, 0.3) is 0 Å². The van der Waals surface area contributed by atoms with Gasteiger partial charge in [-0.1, -0.05) is 0 Å². The standard InChI is InChI=1S/C9H18N2O3/c1-13-4-5-14-7-9(12)11-3-2-8(10)6-11/h8H,2-7,10H2,1H3/t8-/m1/s1. The zero-order valence-corrected chi connectivity index (χ0v) is 8.57. The van der Waals surface area contributed by atoms with Crippen LogP contribution in [-0.4, -0.2) is 56.9 Å². The predicted octanol–water partition coefficient (Wildman–Crippen LogP) is -0.791. The van der Waals surface area contributed by atoms with Crippen molar-refractivity contribution in [3.63, 3.8) is 0 Å². The average Bonchev–Trinajstić information content (AvgIpc) is 2.59. The molecule has 0 spiro atoms. The molecule has 0 aromatic heterocycles. The summed E-state index contributed by atoms with van der Waals surface area (Å²) in [7, 11) is 1.60. The molecule has 1 saturated heterocycles. The van der Waals surface area contributed by atoms with E-state index in [4.69, 9.17) is 15.2 Å². The van der Waals surface area contributed by atoms with Crippen LogP contribution in [0.3, 0.4) is 0 Å². The van der Waals surface area contributed by atoms with Crippen LogP contribution in [0.2, 0.25) is 0 Å². The third-order valence-corrected chi connectivity index (χ3v) is 2.23. The van der Waals surface area contributed by atoms with E-state index in [1.807, 2.05) is 0 Å². The Bertz CT molecular complexity index is 187. The zero-order chi connectivity index (χ0) is 10.4. The lowest BCUT2D eigenvalue weighted by atomic mass is 10.3. The molecule has 0 aromatic rings. The summed E-state index contributed by atoms with van der Waals surface area (Å²) < 4.78 is 9.92. The minimum Gasteiger partial charge on any atom is -0.382 e. The Morgan fingerprint density at radius 3 is 2.93 bits per heavy atom. The lowest BCUT2D eigenvalue weighted by molar-refractivity contribution is -0.135. The number of nitrogens with zero attached hydrogens (tertiary/aromatic N) is 1. The molecule has 0 aliphatic carbocycles. The van der Waals surface area contributed by atoms with Gasteiger partial charge in [-0.05, 0) is 6.42 Å². The van der Waals surface area contributed by atoms with Crippen molar-refractivity contribution in [2.75, 3.05) is 40.0 Å². The van der Waals surface area contributed by atoms with Gasteiger partial charge in [0.1, 0.15) is 6.61 Å². The Hall–Kier alpha value is -0.650. The number of amides is 1. The molecule has 1 amide bonds. The molecule has 14 heavy (non-hydrogen) atoms. The second kappa shape index (κ2) is 5.95. The number of ether oxygens (including phenoxy) is 2. The zero-order valence-electron chi connectivity index (χ0n) is 8.57. The Morgan fingerprint density at radius 1 is 1.57 bits per heavy atom. The van der Waals surface area contributed by atoms with Crippen molar-refractivity contribution in [2.45, 2.75) is 12.5 Å². The summed E-state index contributed by atoms with van der Waals surface area (Å²) in [6.07, 6.45) is 0.893. The van der Waals surface area contributed by atoms with Crippen molar-refractivity contribution in [1.29, 1.82) is 0 Å². The van der Waals surface area contributed by atoms with Gasteiger partial charge in [-0.2, -0.15) is 0 Å². The smallest absolute Gasteiger partial charge is 0.248 e. The fraction of sp³-hybridized carbons (Fsp3) is 0.889. The minimum absolute atomic E-state index is 0.0223. The predicted molar refractivity (Wildman–Crippen MR) is 51.9 cm³/mol. The summed E-state index contributed by atoms with van der Waals surface area (Å²) in [6, 6.07) is 0.137. The van der Waals surface area contributed by atoms with Crippen molar-refractivity contribution in [3.05, 3.63) is 0 Å². The fourth-order valence-corrected chi connectivity index (χ4v) is 1.41. The molecule has 82 valence electrons. The first-order chi connectivity index (χ1) is 6.74. The molecule has 1 rings (SSSR count). The third-order valence-electron chi connectivity index (χ3n) is 2.23. The summed E-state index contributed by atoms with van der Waals surface area (Å²) in [5.74, 6) is 0.0223. The maximum atomic E-state index is 11.5. The van der Waals surface area contributed by atoms with E-state index in [9.17, 15) is 4.79 Å². The van der Waals surface area contributed by atoms with Gasteiger partial charge in [0.2, 0.25) is 5.91 Å². The van der Waals surface area contributed by atoms with E-state index < -0.39 is 0 Å². The molecule has 1 fully saturated rings. The summed E-state index contributed by atoms with van der Waals surface area (Å²) in [5, 5.41) is 0. The molecule has 1 atom stereocenters. The number of carbonyl (C=O) groups excluding carboxylic acids is 1. The molecule has 1 heterocycles. The highest BCUT2D eigenvalue weighted by Gasteiger charge is 2.23. The van der Waals surface area contributed by atoms with Crippen LogP contribution in [0.5, 0.6) is 0 Å². The lowest BCUT2D eigenvalue weighted by Gasteiger charge is -2.15. The van der Waals surface area contributed by atoms with E-state index >= 15 is 0 Å². The highest BCUT2D eigenvalue weighted by atomic mass is 16.5. The SMILES string of the molecule is COCCOCC(=O)N1CC[C@@H](N)C1. The van der Waals surface area contributed by atoms with Gasteiger partial charge < -0.3 is 20.1 Å². The van der Waals surface area contributed by atoms with Gasteiger partial charge in [0.25, 0.3) is 0 Å². The van der Waals surface area contributed by atoms with E-state index in [1.165, 1.54) is 0 Å². The van der Waals surface area contributed by atoms with E-state index in [0.29, 0.717) is 19.8 Å². The molecular weight excluding hydrogens is 184 g/mol. The summed E-state index contributed by atoms with van der Waals surface area (Å²) in [5.41, 5.74) is 5.68. The highest BCUT2D eigenvalue weighted by molar-refractivity contribution is 5.77. The van der Waals surface area contributed by atoms with E-state index in [0.717, 1.165) is 13.0 Å². The van der Waals surface area contributed by atoms with Crippen molar-refractivity contribution in [2.24, 2.45) is 5.73 Å². The largest absolute Gasteiger partial charge is 0.382 e. The molecule has 0 saturated carbocycles. The number of methoxy groups -OCH3 is 1. The molecule has 5 heteroatoms. The minimum atomic E-state index is 0.0223. The van der Waals surface area contributed by atoms with Gasteiger partial charge in [-0.15, -0.1) is 0 Å². The van der Waals surface area contributed by atoms with Crippen LogP contribution in [0.15, 0.2) is 0 Å².